The van der Waals surface area contributed by atoms with Gasteiger partial charge in [-0.2, -0.15) is 0 Å². The number of amides is 1. The van der Waals surface area contributed by atoms with E-state index in [1.807, 2.05) is 17.0 Å². The Labute approximate surface area is 147 Å². The standard InChI is InChI=1S/C20H22FN3O/c21-18-5-1-14(2-6-18)11-15-7-9-24(10-8-15)20(25)17-12-22-19(23-13-17)16-3-4-16/h1-2,5-6,12-13,15-16H,3-4,7-11H2. The lowest BCUT2D eigenvalue weighted by Gasteiger charge is -2.32. The Balaban J connectivity index is 1.31. The number of carbonyl (C=O) groups is 1. The van der Waals surface area contributed by atoms with Crippen molar-refractivity contribution in [3.8, 4) is 0 Å². The van der Waals surface area contributed by atoms with Gasteiger partial charge in [-0.1, -0.05) is 12.1 Å². The first-order valence-corrected chi connectivity index (χ1v) is 9.04. The minimum atomic E-state index is -0.195. The molecule has 4 nitrogen and oxygen atoms in total. The Morgan fingerprint density at radius 3 is 2.28 bits per heavy atom. The summed E-state index contributed by atoms with van der Waals surface area (Å²) in [6.07, 6.45) is 8.57. The molecular formula is C20H22FN3O. The number of aromatic nitrogens is 2. The van der Waals surface area contributed by atoms with E-state index < -0.39 is 0 Å². The van der Waals surface area contributed by atoms with Gasteiger partial charge in [0.15, 0.2) is 0 Å². The molecule has 2 fully saturated rings. The Bertz CT molecular complexity index is 733. The van der Waals surface area contributed by atoms with E-state index >= 15 is 0 Å². The maximum absolute atomic E-state index is 13.0. The van der Waals surface area contributed by atoms with Gasteiger partial charge in [-0.25, -0.2) is 14.4 Å². The fourth-order valence-corrected chi connectivity index (χ4v) is 3.48. The number of rotatable bonds is 4. The number of benzene rings is 1. The average molecular weight is 339 g/mol. The zero-order valence-electron chi connectivity index (χ0n) is 14.2. The minimum absolute atomic E-state index is 0.0302. The van der Waals surface area contributed by atoms with Gasteiger partial charge in [0.1, 0.15) is 11.6 Å². The van der Waals surface area contributed by atoms with Gasteiger partial charge in [-0.15, -0.1) is 0 Å². The van der Waals surface area contributed by atoms with Crippen LogP contribution >= 0.6 is 0 Å². The fraction of sp³-hybridized carbons (Fsp3) is 0.450. The molecule has 1 aromatic carbocycles. The molecular weight excluding hydrogens is 317 g/mol. The van der Waals surface area contributed by atoms with E-state index in [9.17, 15) is 9.18 Å². The summed E-state index contributed by atoms with van der Waals surface area (Å²) in [5, 5.41) is 0. The second kappa shape index (κ2) is 6.90. The molecule has 1 aromatic heterocycles. The molecule has 0 spiro atoms. The quantitative estimate of drug-likeness (QED) is 0.855. The molecule has 1 aliphatic carbocycles. The Morgan fingerprint density at radius 1 is 1.04 bits per heavy atom. The van der Waals surface area contributed by atoms with Gasteiger partial charge in [0.2, 0.25) is 0 Å². The molecule has 2 aromatic rings. The number of hydrogen-bond donors (Lipinski definition) is 0. The zero-order valence-corrected chi connectivity index (χ0v) is 14.2. The Morgan fingerprint density at radius 2 is 1.68 bits per heavy atom. The van der Waals surface area contributed by atoms with Gasteiger partial charge in [0.05, 0.1) is 5.56 Å². The number of hydrogen-bond acceptors (Lipinski definition) is 3. The van der Waals surface area contributed by atoms with Crippen LogP contribution in [0.15, 0.2) is 36.7 Å². The molecule has 1 saturated heterocycles. The fourth-order valence-electron chi connectivity index (χ4n) is 3.48. The first-order chi connectivity index (χ1) is 12.2. The number of likely N-dealkylation sites (tertiary alicyclic amines) is 1. The molecule has 0 bridgehead atoms. The van der Waals surface area contributed by atoms with Crippen molar-refractivity contribution < 1.29 is 9.18 Å². The van der Waals surface area contributed by atoms with Crippen molar-refractivity contribution in [2.75, 3.05) is 13.1 Å². The van der Waals surface area contributed by atoms with Gasteiger partial charge >= 0.3 is 0 Å². The van der Waals surface area contributed by atoms with Crippen molar-refractivity contribution in [1.82, 2.24) is 14.9 Å². The van der Waals surface area contributed by atoms with Gasteiger partial charge in [0, 0.05) is 31.4 Å². The van der Waals surface area contributed by atoms with Gasteiger partial charge in [-0.05, 0) is 55.7 Å². The van der Waals surface area contributed by atoms with Crippen LogP contribution in [0.3, 0.4) is 0 Å². The smallest absolute Gasteiger partial charge is 0.256 e. The number of nitrogens with zero attached hydrogens (tertiary/aromatic N) is 3. The second-order valence-corrected chi connectivity index (χ2v) is 7.17. The highest BCUT2D eigenvalue weighted by Crippen LogP contribution is 2.37. The lowest BCUT2D eigenvalue weighted by Crippen LogP contribution is -2.39. The summed E-state index contributed by atoms with van der Waals surface area (Å²) in [5.41, 5.74) is 1.75. The number of carbonyl (C=O) groups excluding carboxylic acids is 1. The van der Waals surface area contributed by atoms with Crippen molar-refractivity contribution in [1.29, 1.82) is 0 Å². The molecule has 2 heterocycles. The highest BCUT2D eigenvalue weighted by molar-refractivity contribution is 5.93. The highest BCUT2D eigenvalue weighted by atomic mass is 19.1. The molecule has 2 aliphatic rings. The zero-order chi connectivity index (χ0) is 17.2. The first-order valence-electron chi connectivity index (χ1n) is 9.04. The molecule has 0 unspecified atom stereocenters. The van der Waals surface area contributed by atoms with E-state index in [0.29, 0.717) is 17.4 Å². The molecule has 0 N–H and O–H groups in total. The summed E-state index contributed by atoms with van der Waals surface area (Å²) in [5.74, 6) is 1.76. The van der Waals surface area contributed by atoms with Crippen molar-refractivity contribution in [3.63, 3.8) is 0 Å². The van der Waals surface area contributed by atoms with Crippen molar-refractivity contribution in [2.24, 2.45) is 5.92 Å². The normalized spacial score (nSPS) is 18.4. The largest absolute Gasteiger partial charge is 0.339 e. The van der Waals surface area contributed by atoms with Crippen LogP contribution in [0.5, 0.6) is 0 Å². The third-order valence-electron chi connectivity index (χ3n) is 5.20. The van der Waals surface area contributed by atoms with Crippen molar-refractivity contribution in [2.45, 2.75) is 38.0 Å². The molecule has 4 rings (SSSR count). The van der Waals surface area contributed by atoms with E-state index in [-0.39, 0.29) is 11.7 Å². The van der Waals surface area contributed by atoms with Crippen LogP contribution in [0, 0.1) is 11.7 Å². The van der Waals surface area contributed by atoms with E-state index in [0.717, 1.165) is 56.6 Å². The molecule has 1 amide bonds. The summed E-state index contributed by atoms with van der Waals surface area (Å²) in [7, 11) is 0. The van der Waals surface area contributed by atoms with Gasteiger partial charge in [0.25, 0.3) is 5.91 Å². The van der Waals surface area contributed by atoms with Crippen LogP contribution in [0.25, 0.3) is 0 Å². The van der Waals surface area contributed by atoms with Crippen molar-refractivity contribution >= 4 is 5.91 Å². The Hall–Kier alpha value is -2.30. The van der Waals surface area contributed by atoms with Crippen LogP contribution in [-0.4, -0.2) is 33.9 Å². The molecule has 25 heavy (non-hydrogen) atoms. The van der Waals surface area contributed by atoms with Crippen molar-refractivity contribution in [3.05, 3.63) is 59.4 Å². The van der Waals surface area contributed by atoms with Crippen LogP contribution in [-0.2, 0) is 6.42 Å². The van der Waals surface area contributed by atoms with Crippen LogP contribution < -0.4 is 0 Å². The second-order valence-electron chi connectivity index (χ2n) is 7.17. The van der Waals surface area contributed by atoms with E-state index in [1.165, 1.54) is 12.1 Å². The van der Waals surface area contributed by atoms with E-state index in [1.54, 1.807) is 12.4 Å². The molecule has 1 saturated carbocycles. The molecule has 0 radical (unpaired) electrons. The maximum atomic E-state index is 13.0. The first kappa shape index (κ1) is 16.2. The lowest BCUT2D eigenvalue weighted by atomic mass is 9.90. The maximum Gasteiger partial charge on any atom is 0.256 e. The molecule has 1 aliphatic heterocycles. The SMILES string of the molecule is O=C(c1cnc(C2CC2)nc1)N1CCC(Cc2ccc(F)cc2)CC1. The summed E-state index contributed by atoms with van der Waals surface area (Å²) < 4.78 is 13.0. The lowest BCUT2D eigenvalue weighted by molar-refractivity contribution is 0.0689. The predicted octanol–water partition coefficient (Wildman–Crippen LogP) is 3.59. The van der Waals surface area contributed by atoms with E-state index in [4.69, 9.17) is 0 Å². The third-order valence-corrected chi connectivity index (χ3v) is 5.20. The number of halogens is 1. The third kappa shape index (κ3) is 3.86. The minimum Gasteiger partial charge on any atom is -0.339 e. The molecule has 0 atom stereocenters. The molecule has 5 heteroatoms. The van der Waals surface area contributed by atoms with Crippen LogP contribution in [0.4, 0.5) is 4.39 Å². The van der Waals surface area contributed by atoms with Crippen LogP contribution in [0.2, 0.25) is 0 Å². The summed E-state index contributed by atoms with van der Waals surface area (Å²) in [6, 6.07) is 6.73. The topological polar surface area (TPSA) is 46.1 Å². The van der Waals surface area contributed by atoms with Crippen LogP contribution in [0.1, 0.15) is 53.3 Å². The average Bonchev–Trinajstić information content (AvgIpc) is 3.49. The molecule has 130 valence electrons. The highest BCUT2D eigenvalue weighted by Gasteiger charge is 2.28. The summed E-state index contributed by atoms with van der Waals surface area (Å²) in [6.45, 7) is 1.52. The summed E-state index contributed by atoms with van der Waals surface area (Å²) >= 11 is 0. The predicted molar refractivity (Wildman–Crippen MR) is 92.7 cm³/mol. The number of piperidine rings is 1. The van der Waals surface area contributed by atoms with E-state index in [2.05, 4.69) is 9.97 Å². The van der Waals surface area contributed by atoms with Gasteiger partial charge < -0.3 is 4.90 Å². The monoisotopic (exact) mass is 339 g/mol. The van der Waals surface area contributed by atoms with Gasteiger partial charge in [-0.3, -0.25) is 4.79 Å². The Kier molecular flexibility index (Phi) is 4.47. The summed E-state index contributed by atoms with van der Waals surface area (Å²) in [4.78, 5) is 23.2.